The number of rotatable bonds is 12. The molecule has 38 heavy (non-hydrogen) atoms. The van der Waals surface area contributed by atoms with E-state index >= 15 is 0 Å². The number of ether oxygens (including phenoxy) is 3. The van der Waals surface area contributed by atoms with E-state index in [0.29, 0.717) is 41.4 Å². The molecule has 2 unspecified atom stereocenters. The Bertz CT molecular complexity index is 1360. The van der Waals surface area contributed by atoms with Crippen molar-refractivity contribution < 1.29 is 14.2 Å². The van der Waals surface area contributed by atoms with E-state index in [1.54, 1.807) is 45.1 Å². The zero-order chi connectivity index (χ0) is 27.1. The van der Waals surface area contributed by atoms with Crippen LogP contribution in [0.5, 0.6) is 11.5 Å². The molecule has 0 saturated heterocycles. The SMILES string of the molecule is C=CCOC(c1ncc(C)cn1)C(C)SNc1nnc(-c2cncc(C)c2)n1-c1c(OC)cccc1OC. The Hall–Kier alpha value is -3.96. The predicted octanol–water partition coefficient (Wildman–Crippen LogP) is 5.15. The first kappa shape index (κ1) is 27.1. The average molecular weight is 534 g/mol. The summed E-state index contributed by atoms with van der Waals surface area (Å²) in [6, 6.07) is 7.60. The van der Waals surface area contributed by atoms with Crippen molar-refractivity contribution in [2.75, 3.05) is 25.5 Å². The Morgan fingerprint density at radius 1 is 1.03 bits per heavy atom. The minimum atomic E-state index is -0.385. The van der Waals surface area contributed by atoms with Crippen LogP contribution in [-0.4, -0.2) is 55.8 Å². The van der Waals surface area contributed by atoms with Crippen LogP contribution in [0, 0.1) is 13.8 Å². The molecule has 0 saturated carbocycles. The minimum Gasteiger partial charge on any atom is -0.494 e. The zero-order valence-corrected chi connectivity index (χ0v) is 22.9. The van der Waals surface area contributed by atoms with Crippen LogP contribution in [0.15, 0.2) is 61.7 Å². The Morgan fingerprint density at radius 3 is 2.37 bits per heavy atom. The number of anilines is 1. The van der Waals surface area contributed by atoms with Crippen molar-refractivity contribution >= 4 is 17.9 Å². The number of methoxy groups -OCH3 is 2. The first-order valence-electron chi connectivity index (χ1n) is 12.0. The van der Waals surface area contributed by atoms with Crippen LogP contribution in [0.4, 0.5) is 5.95 Å². The molecule has 0 bridgehead atoms. The fraction of sp³-hybridized carbons (Fsp3) is 0.296. The molecule has 4 aromatic rings. The maximum Gasteiger partial charge on any atom is 0.239 e. The van der Waals surface area contributed by atoms with E-state index in [4.69, 9.17) is 14.2 Å². The fourth-order valence-corrected chi connectivity index (χ4v) is 4.57. The summed E-state index contributed by atoms with van der Waals surface area (Å²) in [5.41, 5.74) is 3.45. The third-order valence-electron chi connectivity index (χ3n) is 5.63. The van der Waals surface area contributed by atoms with Gasteiger partial charge in [-0.25, -0.2) is 9.97 Å². The largest absolute Gasteiger partial charge is 0.494 e. The smallest absolute Gasteiger partial charge is 0.239 e. The summed E-state index contributed by atoms with van der Waals surface area (Å²) < 4.78 is 22.7. The standard InChI is InChI=1S/C27H31N7O3S/c1-7-11-37-24(25-29-14-18(3)15-30-25)19(4)38-33-27-32-31-26(20-12-17(2)13-28-16-20)34(27)23-21(35-5)9-8-10-22(23)36-6/h7-10,12-16,19,24H,1,11H2,2-6H3,(H,32,33). The lowest BCUT2D eigenvalue weighted by atomic mass is 10.2. The van der Waals surface area contributed by atoms with Gasteiger partial charge in [0.05, 0.1) is 26.1 Å². The van der Waals surface area contributed by atoms with E-state index < -0.39 is 0 Å². The molecule has 2 atom stereocenters. The lowest BCUT2D eigenvalue weighted by molar-refractivity contribution is 0.0690. The number of benzene rings is 1. The van der Waals surface area contributed by atoms with Crippen LogP contribution >= 0.6 is 11.9 Å². The van der Waals surface area contributed by atoms with Gasteiger partial charge in [-0.05, 0) is 62.0 Å². The molecular weight excluding hydrogens is 502 g/mol. The molecular formula is C27H31N7O3S. The van der Waals surface area contributed by atoms with Crippen molar-refractivity contribution in [1.29, 1.82) is 0 Å². The molecule has 1 aromatic carbocycles. The van der Waals surface area contributed by atoms with Crippen LogP contribution in [0.2, 0.25) is 0 Å². The van der Waals surface area contributed by atoms with Crippen LogP contribution < -0.4 is 14.2 Å². The lowest BCUT2D eigenvalue weighted by Gasteiger charge is -2.23. The number of hydrogen-bond donors (Lipinski definition) is 1. The van der Waals surface area contributed by atoms with Gasteiger partial charge in [-0.2, -0.15) is 0 Å². The second-order valence-electron chi connectivity index (χ2n) is 8.53. The summed E-state index contributed by atoms with van der Waals surface area (Å²) in [4.78, 5) is 13.3. The van der Waals surface area contributed by atoms with Crippen molar-refractivity contribution in [1.82, 2.24) is 29.7 Å². The number of nitrogens with zero attached hydrogens (tertiary/aromatic N) is 6. The molecule has 3 heterocycles. The Balaban J connectivity index is 1.73. The predicted molar refractivity (Wildman–Crippen MR) is 149 cm³/mol. The van der Waals surface area contributed by atoms with Crippen molar-refractivity contribution in [2.45, 2.75) is 32.1 Å². The van der Waals surface area contributed by atoms with E-state index in [2.05, 4.69) is 36.5 Å². The van der Waals surface area contributed by atoms with Gasteiger partial charge in [0.1, 0.15) is 23.3 Å². The van der Waals surface area contributed by atoms with Crippen LogP contribution in [-0.2, 0) is 4.74 Å². The Morgan fingerprint density at radius 2 is 1.74 bits per heavy atom. The molecule has 0 fully saturated rings. The Labute approximate surface area is 226 Å². The summed E-state index contributed by atoms with van der Waals surface area (Å²) in [7, 11) is 3.23. The summed E-state index contributed by atoms with van der Waals surface area (Å²) in [5, 5.41) is 8.89. The summed E-state index contributed by atoms with van der Waals surface area (Å²) in [6.45, 7) is 10.1. The first-order valence-corrected chi connectivity index (χ1v) is 12.9. The number of aromatic nitrogens is 6. The molecule has 4 rings (SSSR count). The second-order valence-corrected chi connectivity index (χ2v) is 9.71. The third-order valence-corrected chi connectivity index (χ3v) is 6.55. The highest BCUT2D eigenvalue weighted by Crippen LogP contribution is 2.38. The topological polar surface area (TPSA) is 109 Å². The van der Waals surface area contributed by atoms with Gasteiger partial charge in [0.2, 0.25) is 5.95 Å². The molecule has 0 aliphatic rings. The minimum absolute atomic E-state index is 0.105. The summed E-state index contributed by atoms with van der Waals surface area (Å²) in [6.07, 6.45) is 8.43. The van der Waals surface area contributed by atoms with Gasteiger partial charge in [0, 0.05) is 30.4 Å². The molecule has 198 valence electrons. The molecule has 0 radical (unpaired) electrons. The van der Waals surface area contributed by atoms with E-state index in [0.717, 1.165) is 16.7 Å². The van der Waals surface area contributed by atoms with E-state index in [1.807, 2.05) is 49.6 Å². The van der Waals surface area contributed by atoms with E-state index in [9.17, 15) is 0 Å². The highest BCUT2D eigenvalue weighted by atomic mass is 32.2. The average Bonchev–Trinajstić information content (AvgIpc) is 3.36. The van der Waals surface area contributed by atoms with Crippen molar-refractivity contribution in [3.05, 3.63) is 78.7 Å². The molecule has 0 aliphatic carbocycles. The van der Waals surface area contributed by atoms with Crippen LogP contribution in [0.3, 0.4) is 0 Å². The van der Waals surface area contributed by atoms with Gasteiger partial charge < -0.3 is 14.2 Å². The van der Waals surface area contributed by atoms with Gasteiger partial charge in [-0.15, -0.1) is 16.8 Å². The van der Waals surface area contributed by atoms with Gasteiger partial charge in [0.15, 0.2) is 11.6 Å². The van der Waals surface area contributed by atoms with Gasteiger partial charge in [-0.1, -0.05) is 12.1 Å². The van der Waals surface area contributed by atoms with E-state index in [-0.39, 0.29) is 11.4 Å². The van der Waals surface area contributed by atoms with Gasteiger partial charge in [0.25, 0.3) is 0 Å². The fourth-order valence-electron chi connectivity index (χ4n) is 3.83. The first-order chi connectivity index (χ1) is 18.5. The van der Waals surface area contributed by atoms with Crippen molar-refractivity contribution in [3.63, 3.8) is 0 Å². The number of aryl methyl sites for hydroxylation is 2. The summed E-state index contributed by atoms with van der Waals surface area (Å²) in [5.74, 6) is 2.87. The zero-order valence-electron chi connectivity index (χ0n) is 22.1. The van der Waals surface area contributed by atoms with Crippen LogP contribution in [0.1, 0.15) is 30.0 Å². The van der Waals surface area contributed by atoms with Crippen LogP contribution in [0.25, 0.3) is 17.1 Å². The normalized spacial score (nSPS) is 12.6. The molecule has 10 nitrogen and oxygen atoms in total. The number of hydrogen-bond acceptors (Lipinski definition) is 10. The highest BCUT2D eigenvalue weighted by molar-refractivity contribution is 8.01. The number of pyridine rings is 1. The molecule has 1 N–H and O–H groups in total. The maximum atomic E-state index is 6.05. The second kappa shape index (κ2) is 12.5. The third kappa shape index (κ3) is 5.95. The number of para-hydroxylation sites is 1. The Kier molecular flexibility index (Phi) is 8.93. The van der Waals surface area contributed by atoms with Crippen molar-refractivity contribution in [2.24, 2.45) is 0 Å². The van der Waals surface area contributed by atoms with Gasteiger partial charge >= 0.3 is 0 Å². The number of nitrogens with one attached hydrogen (secondary N) is 1. The molecule has 0 aliphatic heterocycles. The maximum absolute atomic E-state index is 6.05. The quantitative estimate of drug-likeness (QED) is 0.194. The highest BCUT2D eigenvalue weighted by Gasteiger charge is 2.26. The molecule has 0 spiro atoms. The molecule has 11 heteroatoms. The molecule has 0 amide bonds. The summed E-state index contributed by atoms with van der Waals surface area (Å²) >= 11 is 1.42. The van der Waals surface area contributed by atoms with Gasteiger partial charge in [-0.3, -0.25) is 14.3 Å². The molecule has 3 aromatic heterocycles. The monoisotopic (exact) mass is 533 g/mol. The lowest BCUT2D eigenvalue weighted by Crippen LogP contribution is -2.20. The van der Waals surface area contributed by atoms with Crippen molar-refractivity contribution in [3.8, 4) is 28.6 Å². The van der Waals surface area contributed by atoms with E-state index in [1.165, 1.54) is 11.9 Å².